The molecule has 6 heteroatoms. The molecular weight excluding hydrogens is 334 g/mol. The first kappa shape index (κ1) is 20.1. The van der Waals surface area contributed by atoms with E-state index in [2.05, 4.69) is 5.32 Å². The average Bonchev–Trinajstić information content (AvgIpc) is 2.88. The number of hydrogen-bond donors (Lipinski definition) is 2. The number of amides is 1. The smallest absolute Gasteiger partial charge is 0.305 e. The van der Waals surface area contributed by atoms with Gasteiger partial charge in [0.05, 0.1) is 26.7 Å². The van der Waals surface area contributed by atoms with Gasteiger partial charge >= 0.3 is 5.97 Å². The summed E-state index contributed by atoms with van der Waals surface area (Å²) in [5.41, 5.74) is 0.643. The minimum absolute atomic E-state index is 0.0963. The second-order valence-corrected chi connectivity index (χ2v) is 6.89. The van der Waals surface area contributed by atoms with Gasteiger partial charge in [-0.2, -0.15) is 0 Å². The third-order valence-electron chi connectivity index (χ3n) is 4.98. The molecule has 0 spiro atoms. The Bertz CT molecular complexity index is 608. The van der Waals surface area contributed by atoms with E-state index in [1.54, 1.807) is 25.3 Å². The van der Waals surface area contributed by atoms with Gasteiger partial charge in [0.15, 0.2) is 0 Å². The summed E-state index contributed by atoms with van der Waals surface area (Å²) in [6.07, 6.45) is 7.22. The fourth-order valence-electron chi connectivity index (χ4n) is 3.60. The van der Waals surface area contributed by atoms with Crippen molar-refractivity contribution in [2.45, 2.75) is 57.4 Å². The Kier molecular flexibility index (Phi) is 7.75. The Balaban J connectivity index is 2.11. The number of methoxy groups -OCH3 is 2. The molecule has 1 aliphatic carbocycles. The number of carboxylic acids is 1. The van der Waals surface area contributed by atoms with Crippen LogP contribution in [0, 0.1) is 5.92 Å². The quantitative estimate of drug-likeness (QED) is 0.688. The first-order chi connectivity index (χ1) is 12.5. The Morgan fingerprint density at radius 3 is 2.42 bits per heavy atom. The van der Waals surface area contributed by atoms with Crippen molar-refractivity contribution in [1.29, 1.82) is 0 Å². The van der Waals surface area contributed by atoms with E-state index < -0.39 is 12.0 Å². The molecule has 26 heavy (non-hydrogen) atoms. The second kappa shape index (κ2) is 10.0. The Labute approximate surface area is 154 Å². The van der Waals surface area contributed by atoms with E-state index >= 15 is 0 Å². The van der Waals surface area contributed by atoms with Crippen LogP contribution in [0.25, 0.3) is 0 Å². The highest BCUT2D eigenvalue weighted by molar-refractivity contribution is 5.78. The standard InChI is InChI=1S/C20H29NO5/c1-25-15-9-10-16(18(12-15)26-2)17(13-20(23)24)21-19(22)11-14-7-5-3-4-6-8-14/h9-10,12,14,17H,3-8,11,13H2,1-2H3,(H,21,22)(H,23,24). The molecule has 1 aromatic rings. The van der Waals surface area contributed by atoms with Gasteiger partial charge in [-0.25, -0.2) is 0 Å². The van der Waals surface area contributed by atoms with Gasteiger partial charge in [-0.1, -0.05) is 25.7 Å². The Morgan fingerprint density at radius 1 is 1.15 bits per heavy atom. The van der Waals surface area contributed by atoms with Crippen LogP contribution in [0.4, 0.5) is 0 Å². The van der Waals surface area contributed by atoms with Gasteiger partial charge in [0.2, 0.25) is 5.91 Å². The van der Waals surface area contributed by atoms with Crippen LogP contribution < -0.4 is 14.8 Å². The van der Waals surface area contributed by atoms with Crippen LogP contribution in [0.3, 0.4) is 0 Å². The summed E-state index contributed by atoms with van der Waals surface area (Å²) in [5, 5.41) is 12.2. The number of ether oxygens (including phenoxy) is 2. The first-order valence-corrected chi connectivity index (χ1v) is 9.26. The zero-order chi connectivity index (χ0) is 18.9. The van der Waals surface area contributed by atoms with Crippen molar-refractivity contribution >= 4 is 11.9 Å². The van der Waals surface area contributed by atoms with Crippen molar-refractivity contribution in [3.8, 4) is 11.5 Å². The number of benzene rings is 1. The highest BCUT2D eigenvalue weighted by atomic mass is 16.5. The van der Waals surface area contributed by atoms with Crippen molar-refractivity contribution in [2.24, 2.45) is 5.92 Å². The third kappa shape index (κ3) is 5.93. The molecule has 1 aromatic carbocycles. The number of nitrogens with one attached hydrogen (secondary N) is 1. The van der Waals surface area contributed by atoms with Crippen molar-refractivity contribution in [1.82, 2.24) is 5.32 Å². The molecule has 0 radical (unpaired) electrons. The zero-order valence-corrected chi connectivity index (χ0v) is 15.6. The predicted molar refractivity (Wildman–Crippen MR) is 98.5 cm³/mol. The molecule has 144 valence electrons. The minimum atomic E-state index is -0.970. The monoisotopic (exact) mass is 363 g/mol. The van der Waals surface area contributed by atoms with Crippen LogP contribution in [-0.4, -0.2) is 31.2 Å². The molecule has 1 fully saturated rings. The van der Waals surface area contributed by atoms with Crippen LogP contribution in [-0.2, 0) is 9.59 Å². The molecule has 0 aliphatic heterocycles. The Hall–Kier alpha value is -2.24. The second-order valence-electron chi connectivity index (χ2n) is 6.89. The van der Waals surface area contributed by atoms with E-state index in [0.29, 0.717) is 29.4 Å². The third-order valence-corrected chi connectivity index (χ3v) is 4.98. The van der Waals surface area contributed by atoms with Crippen molar-refractivity contribution in [3.05, 3.63) is 23.8 Å². The maximum atomic E-state index is 12.5. The SMILES string of the molecule is COc1ccc(C(CC(=O)O)NC(=O)CC2CCCCCC2)c(OC)c1. The summed E-state index contributed by atoms with van der Waals surface area (Å²) >= 11 is 0. The molecule has 2 rings (SSSR count). The summed E-state index contributed by atoms with van der Waals surface area (Å²) in [6, 6.07) is 4.55. The number of rotatable bonds is 8. The lowest BCUT2D eigenvalue weighted by Gasteiger charge is -2.22. The molecule has 0 heterocycles. The summed E-state index contributed by atoms with van der Waals surface area (Å²) in [6.45, 7) is 0. The van der Waals surface area contributed by atoms with Gasteiger partial charge in [-0.05, 0) is 30.9 Å². The van der Waals surface area contributed by atoms with Gasteiger partial charge in [0.1, 0.15) is 11.5 Å². The lowest BCUT2D eigenvalue weighted by atomic mass is 9.95. The molecule has 1 amide bonds. The van der Waals surface area contributed by atoms with Gasteiger partial charge in [-0.15, -0.1) is 0 Å². The molecule has 0 saturated heterocycles. The summed E-state index contributed by atoms with van der Waals surface area (Å²) < 4.78 is 10.6. The molecule has 1 aliphatic rings. The van der Waals surface area contributed by atoms with Crippen LogP contribution in [0.2, 0.25) is 0 Å². The zero-order valence-electron chi connectivity index (χ0n) is 15.6. The molecule has 1 atom stereocenters. The summed E-state index contributed by atoms with van der Waals surface area (Å²) in [4.78, 5) is 23.8. The van der Waals surface area contributed by atoms with Crippen molar-refractivity contribution in [3.63, 3.8) is 0 Å². The Morgan fingerprint density at radius 2 is 1.85 bits per heavy atom. The summed E-state index contributed by atoms with van der Waals surface area (Å²) in [7, 11) is 3.07. The molecular formula is C20H29NO5. The normalized spacial score (nSPS) is 16.4. The van der Waals surface area contributed by atoms with Gasteiger partial charge in [0, 0.05) is 18.1 Å². The minimum Gasteiger partial charge on any atom is -0.497 e. The van der Waals surface area contributed by atoms with Crippen molar-refractivity contribution in [2.75, 3.05) is 14.2 Å². The predicted octanol–water partition coefficient (Wildman–Crippen LogP) is 3.70. The van der Waals surface area contributed by atoms with E-state index in [1.165, 1.54) is 32.8 Å². The number of aliphatic carboxylic acids is 1. The van der Waals surface area contributed by atoms with Crippen LogP contribution in [0.15, 0.2) is 18.2 Å². The van der Waals surface area contributed by atoms with E-state index in [4.69, 9.17) is 9.47 Å². The highest BCUT2D eigenvalue weighted by Crippen LogP contribution is 2.32. The topological polar surface area (TPSA) is 84.9 Å². The number of carboxylic acid groups (broad SMARTS) is 1. The first-order valence-electron chi connectivity index (χ1n) is 9.26. The molecule has 1 saturated carbocycles. The average molecular weight is 363 g/mol. The maximum absolute atomic E-state index is 12.5. The van der Waals surface area contributed by atoms with Gasteiger partial charge < -0.3 is 19.9 Å². The highest BCUT2D eigenvalue weighted by Gasteiger charge is 2.24. The largest absolute Gasteiger partial charge is 0.497 e. The van der Waals surface area contributed by atoms with Gasteiger partial charge in [0.25, 0.3) is 0 Å². The summed E-state index contributed by atoms with van der Waals surface area (Å²) in [5.74, 6) is 0.444. The van der Waals surface area contributed by atoms with E-state index in [0.717, 1.165) is 12.8 Å². The maximum Gasteiger partial charge on any atom is 0.305 e. The lowest BCUT2D eigenvalue weighted by molar-refractivity contribution is -0.137. The number of carbonyl (C=O) groups is 2. The van der Waals surface area contributed by atoms with E-state index in [-0.39, 0.29) is 12.3 Å². The molecule has 0 aromatic heterocycles. The molecule has 6 nitrogen and oxygen atoms in total. The van der Waals surface area contributed by atoms with Crippen molar-refractivity contribution < 1.29 is 24.2 Å². The molecule has 2 N–H and O–H groups in total. The molecule has 1 unspecified atom stereocenters. The fourth-order valence-corrected chi connectivity index (χ4v) is 3.60. The number of carbonyl (C=O) groups excluding carboxylic acids is 1. The number of hydrogen-bond acceptors (Lipinski definition) is 4. The van der Waals surface area contributed by atoms with Crippen LogP contribution >= 0.6 is 0 Å². The van der Waals surface area contributed by atoms with E-state index in [9.17, 15) is 14.7 Å². The van der Waals surface area contributed by atoms with Gasteiger partial charge in [-0.3, -0.25) is 9.59 Å². The van der Waals surface area contributed by atoms with Crippen LogP contribution in [0.1, 0.15) is 63.0 Å². The van der Waals surface area contributed by atoms with Crippen LogP contribution in [0.5, 0.6) is 11.5 Å². The van der Waals surface area contributed by atoms with E-state index in [1.807, 2.05) is 0 Å². The lowest BCUT2D eigenvalue weighted by Crippen LogP contribution is -2.31. The molecule has 0 bridgehead atoms. The fraction of sp³-hybridized carbons (Fsp3) is 0.600.